The molecule has 0 heterocycles. The molecule has 1 amide bonds. The van der Waals surface area contributed by atoms with E-state index in [2.05, 4.69) is 13.8 Å². The first-order chi connectivity index (χ1) is 16.0. The zero-order valence-electron chi connectivity index (χ0n) is 20.7. The van der Waals surface area contributed by atoms with Crippen LogP contribution in [0.15, 0.2) is 24.3 Å². The lowest BCUT2D eigenvalue weighted by Gasteiger charge is -2.22. The van der Waals surface area contributed by atoms with Gasteiger partial charge in [-0.25, -0.2) is 9.59 Å². The van der Waals surface area contributed by atoms with Gasteiger partial charge in [-0.1, -0.05) is 64.5 Å². The SMILES string of the molecule is CCCCCCCCN(CCOc1ccc(CC(OCC)C(=O)O)cc1)C(=O)OCCCC. The average Bonchev–Trinajstić information content (AvgIpc) is 2.80. The molecule has 0 aromatic heterocycles. The number of carboxylic acid groups (broad SMARTS) is 1. The van der Waals surface area contributed by atoms with Crippen LogP contribution in [0.2, 0.25) is 0 Å². The van der Waals surface area contributed by atoms with Crippen LogP contribution in [-0.4, -0.2) is 61.1 Å². The Labute approximate surface area is 199 Å². The van der Waals surface area contributed by atoms with Crippen molar-refractivity contribution in [3.8, 4) is 5.75 Å². The predicted molar refractivity (Wildman–Crippen MR) is 130 cm³/mol. The molecule has 0 aliphatic carbocycles. The van der Waals surface area contributed by atoms with Gasteiger partial charge in [0.2, 0.25) is 0 Å². The summed E-state index contributed by atoms with van der Waals surface area (Å²) in [6, 6.07) is 7.32. The van der Waals surface area contributed by atoms with Crippen molar-refractivity contribution in [2.75, 3.05) is 32.9 Å². The number of rotatable bonds is 19. The average molecular weight is 466 g/mol. The second-order valence-corrected chi connectivity index (χ2v) is 8.20. The van der Waals surface area contributed by atoms with Crippen molar-refractivity contribution >= 4 is 12.1 Å². The summed E-state index contributed by atoms with van der Waals surface area (Å²) in [5.41, 5.74) is 0.868. The molecule has 0 spiro atoms. The Hall–Kier alpha value is -2.28. The molecule has 1 N–H and O–H groups in total. The van der Waals surface area contributed by atoms with Crippen LogP contribution in [0, 0.1) is 0 Å². The smallest absolute Gasteiger partial charge is 0.409 e. The monoisotopic (exact) mass is 465 g/mol. The molecule has 0 bridgehead atoms. The second-order valence-electron chi connectivity index (χ2n) is 8.20. The van der Waals surface area contributed by atoms with Crippen LogP contribution < -0.4 is 4.74 Å². The molecule has 0 saturated carbocycles. The lowest BCUT2D eigenvalue weighted by atomic mass is 10.1. The van der Waals surface area contributed by atoms with E-state index in [0.717, 1.165) is 31.2 Å². The third-order valence-corrected chi connectivity index (χ3v) is 5.38. The zero-order valence-corrected chi connectivity index (χ0v) is 20.7. The number of hydrogen-bond acceptors (Lipinski definition) is 5. The Bertz CT molecular complexity index is 649. The Morgan fingerprint density at radius 2 is 1.55 bits per heavy atom. The van der Waals surface area contributed by atoms with Gasteiger partial charge in [0, 0.05) is 19.6 Å². The number of unbranched alkanes of at least 4 members (excludes halogenated alkanes) is 6. The predicted octanol–water partition coefficient (Wildman–Crippen LogP) is 5.70. The van der Waals surface area contributed by atoms with Crippen LogP contribution in [0.3, 0.4) is 0 Å². The molecule has 0 aliphatic heterocycles. The summed E-state index contributed by atoms with van der Waals surface area (Å²) in [5.74, 6) is -0.283. The summed E-state index contributed by atoms with van der Waals surface area (Å²) in [7, 11) is 0. The molecule has 0 fully saturated rings. The standard InChI is InChI=1S/C26H43NO6/c1-4-7-9-10-11-12-17-27(26(30)33-19-8-5-2)18-20-32-23-15-13-22(14-16-23)21-24(25(28)29)31-6-3/h13-16,24H,4-12,17-21H2,1-3H3,(H,28,29). The minimum Gasteiger partial charge on any atom is -0.492 e. The van der Waals surface area contributed by atoms with E-state index in [0.29, 0.717) is 45.1 Å². The first-order valence-electron chi connectivity index (χ1n) is 12.5. The fraction of sp³-hybridized carbons (Fsp3) is 0.692. The first-order valence-corrected chi connectivity index (χ1v) is 12.5. The summed E-state index contributed by atoms with van der Waals surface area (Å²) in [4.78, 5) is 25.5. The van der Waals surface area contributed by atoms with Gasteiger partial charge >= 0.3 is 12.1 Å². The highest BCUT2D eigenvalue weighted by Gasteiger charge is 2.18. The second kappa shape index (κ2) is 18.2. The van der Waals surface area contributed by atoms with Crippen LogP contribution >= 0.6 is 0 Å². The Kier molecular flexibility index (Phi) is 15.8. The third-order valence-electron chi connectivity index (χ3n) is 5.38. The fourth-order valence-electron chi connectivity index (χ4n) is 3.40. The van der Waals surface area contributed by atoms with Crippen molar-refractivity contribution in [2.45, 2.75) is 84.7 Å². The van der Waals surface area contributed by atoms with Gasteiger partial charge in [-0.15, -0.1) is 0 Å². The number of carbonyl (C=O) groups excluding carboxylic acids is 1. The van der Waals surface area contributed by atoms with Gasteiger partial charge in [0.25, 0.3) is 0 Å². The molecule has 1 rings (SSSR count). The van der Waals surface area contributed by atoms with Crippen LogP contribution in [-0.2, 0) is 20.7 Å². The van der Waals surface area contributed by atoms with Crippen molar-refractivity contribution in [3.05, 3.63) is 29.8 Å². The number of aliphatic carboxylic acids is 1. The van der Waals surface area contributed by atoms with Gasteiger partial charge < -0.3 is 24.2 Å². The highest BCUT2D eigenvalue weighted by atomic mass is 16.6. The highest BCUT2D eigenvalue weighted by molar-refractivity contribution is 5.72. The summed E-state index contributed by atoms with van der Waals surface area (Å²) in [5, 5.41) is 9.22. The zero-order chi connectivity index (χ0) is 24.3. The Morgan fingerprint density at radius 3 is 2.18 bits per heavy atom. The van der Waals surface area contributed by atoms with Gasteiger partial charge in [-0.3, -0.25) is 0 Å². The molecule has 1 atom stereocenters. The topological polar surface area (TPSA) is 85.3 Å². The van der Waals surface area contributed by atoms with E-state index < -0.39 is 12.1 Å². The number of carbonyl (C=O) groups is 2. The maximum Gasteiger partial charge on any atom is 0.409 e. The molecule has 188 valence electrons. The molecule has 1 aromatic carbocycles. The normalized spacial score (nSPS) is 11.7. The molecule has 33 heavy (non-hydrogen) atoms. The number of nitrogens with zero attached hydrogens (tertiary/aromatic N) is 1. The van der Waals surface area contributed by atoms with Crippen molar-refractivity contribution in [3.63, 3.8) is 0 Å². The molecule has 1 aromatic rings. The van der Waals surface area contributed by atoms with Crippen LogP contribution in [0.4, 0.5) is 4.79 Å². The largest absolute Gasteiger partial charge is 0.492 e. The number of carboxylic acids is 1. The van der Waals surface area contributed by atoms with Crippen LogP contribution in [0.1, 0.15) is 77.7 Å². The Balaban J connectivity index is 2.50. The fourth-order valence-corrected chi connectivity index (χ4v) is 3.40. The molecule has 0 radical (unpaired) electrons. The van der Waals surface area contributed by atoms with E-state index in [1.807, 2.05) is 24.3 Å². The summed E-state index contributed by atoms with van der Waals surface area (Å²) >= 11 is 0. The minimum atomic E-state index is -0.964. The van der Waals surface area contributed by atoms with Crippen molar-refractivity contribution in [2.24, 2.45) is 0 Å². The maximum atomic E-state index is 12.5. The van der Waals surface area contributed by atoms with Gasteiger partial charge in [0.15, 0.2) is 6.10 Å². The molecule has 1 unspecified atom stereocenters. The van der Waals surface area contributed by atoms with Gasteiger partial charge in [-0.2, -0.15) is 0 Å². The molecule has 7 heteroatoms. The molecule has 0 saturated heterocycles. The number of benzene rings is 1. The lowest BCUT2D eigenvalue weighted by molar-refractivity contribution is -0.149. The van der Waals surface area contributed by atoms with E-state index in [1.165, 1.54) is 25.7 Å². The van der Waals surface area contributed by atoms with Crippen LogP contribution in [0.5, 0.6) is 5.75 Å². The number of amides is 1. The van der Waals surface area contributed by atoms with E-state index in [4.69, 9.17) is 14.2 Å². The summed E-state index contributed by atoms with van der Waals surface area (Å²) in [6.45, 7) is 8.37. The van der Waals surface area contributed by atoms with Crippen molar-refractivity contribution < 1.29 is 28.9 Å². The van der Waals surface area contributed by atoms with Crippen molar-refractivity contribution in [1.29, 1.82) is 0 Å². The van der Waals surface area contributed by atoms with E-state index in [9.17, 15) is 14.7 Å². The highest BCUT2D eigenvalue weighted by Crippen LogP contribution is 2.15. The van der Waals surface area contributed by atoms with Crippen molar-refractivity contribution in [1.82, 2.24) is 4.90 Å². The molecular weight excluding hydrogens is 422 g/mol. The molecular formula is C26H43NO6. The quantitative estimate of drug-likeness (QED) is 0.264. The van der Waals surface area contributed by atoms with Gasteiger partial charge in [0.05, 0.1) is 13.2 Å². The summed E-state index contributed by atoms with van der Waals surface area (Å²) in [6.07, 6.45) is 8.04. The number of hydrogen-bond donors (Lipinski definition) is 1. The van der Waals surface area contributed by atoms with Gasteiger partial charge in [-0.05, 0) is 37.5 Å². The van der Waals surface area contributed by atoms with Gasteiger partial charge in [0.1, 0.15) is 12.4 Å². The first kappa shape index (κ1) is 28.8. The van der Waals surface area contributed by atoms with E-state index in [-0.39, 0.29) is 6.09 Å². The number of ether oxygens (including phenoxy) is 3. The third kappa shape index (κ3) is 13.1. The van der Waals surface area contributed by atoms with Crippen LogP contribution in [0.25, 0.3) is 0 Å². The van der Waals surface area contributed by atoms with E-state index >= 15 is 0 Å². The molecule has 0 aliphatic rings. The Morgan fingerprint density at radius 1 is 0.879 bits per heavy atom. The molecule has 7 nitrogen and oxygen atoms in total. The minimum absolute atomic E-state index is 0.272. The summed E-state index contributed by atoms with van der Waals surface area (Å²) < 4.78 is 16.5. The maximum absolute atomic E-state index is 12.5. The van der Waals surface area contributed by atoms with E-state index in [1.54, 1.807) is 11.8 Å². The lowest BCUT2D eigenvalue weighted by Crippen LogP contribution is -2.36.